The average molecular weight is 299 g/mol. The van der Waals surface area contributed by atoms with E-state index in [0.717, 1.165) is 30.6 Å². The first-order chi connectivity index (χ1) is 9.57. The quantitative estimate of drug-likeness (QED) is 0.812. The Labute approximate surface area is 119 Å². The van der Waals surface area contributed by atoms with E-state index in [9.17, 15) is 8.42 Å². The molecule has 6 nitrogen and oxygen atoms in total. The minimum Gasteiger partial charge on any atom is -0.384 e. The Morgan fingerprint density at radius 3 is 2.80 bits per heavy atom. The first kappa shape index (κ1) is 14.0. The Hall–Kier alpha value is -0.920. The smallest absolute Gasteiger partial charge is 0.217 e. The molecule has 1 aliphatic carbocycles. The Bertz CT molecular complexity index is 592. The molecule has 0 spiro atoms. The highest BCUT2D eigenvalue weighted by Crippen LogP contribution is 2.36. The molecule has 1 atom stereocenters. The monoisotopic (exact) mass is 299 g/mol. The molecular weight excluding hydrogens is 278 g/mol. The number of hydrogen-bond donors (Lipinski definition) is 0. The summed E-state index contributed by atoms with van der Waals surface area (Å²) in [5.74, 6) is 0.0692. The van der Waals surface area contributed by atoms with Crippen LogP contribution in [0.2, 0.25) is 0 Å². The number of aromatic nitrogens is 2. The molecule has 0 radical (unpaired) electrons. The van der Waals surface area contributed by atoms with Crippen molar-refractivity contribution in [2.75, 3.05) is 20.3 Å². The molecule has 2 aliphatic rings. The van der Waals surface area contributed by atoms with E-state index in [0.29, 0.717) is 19.7 Å². The second-order valence-corrected chi connectivity index (χ2v) is 7.77. The molecule has 0 aromatic carbocycles. The normalized spacial score (nSPS) is 23.8. The van der Waals surface area contributed by atoms with Crippen molar-refractivity contribution in [3.63, 3.8) is 0 Å². The lowest BCUT2D eigenvalue weighted by atomic mass is 9.98. The molecule has 0 bridgehead atoms. The summed E-state index contributed by atoms with van der Waals surface area (Å²) in [5.41, 5.74) is 2.15. The number of rotatable bonds is 5. The molecule has 1 aromatic rings. The molecule has 112 valence electrons. The van der Waals surface area contributed by atoms with E-state index in [-0.39, 0.29) is 11.2 Å². The van der Waals surface area contributed by atoms with Crippen molar-refractivity contribution in [2.24, 2.45) is 0 Å². The van der Waals surface area contributed by atoms with Gasteiger partial charge in [-0.05, 0) is 19.8 Å². The standard InChI is InChI=1S/C13H21N3O3S/c1-3-16-13-10(6-14-16)7-15(8-11(13)9-19-2)20(17,18)12-4-5-12/h6,11-12H,3-5,7-9H2,1-2H3/t11-/m0/s1. The van der Waals surface area contributed by atoms with Crippen LogP contribution in [-0.2, 0) is 27.8 Å². The summed E-state index contributed by atoms with van der Waals surface area (Å²) in [6, 6.07) is 0. The fourth-order valence-electron chi connectivity index (χ4n) is 2.97. The van der Waals surface area contributed by atoms with Crippen LogP contribution in [0.4, 0.5) is 0 Å². The molecule has 1 aliphatic heterocycles. The van der Waals surface area contributed by atoms with Crippen LogP contribution in [0, 0.1) is 0 Å². The zero-order valence-corrected chi connectivity index (χ0v) is 12.8. The summed E-state index contributed by atoms with van der Waals surface area (Å²) in [5, 5.41) is 4.21. The predicted octanol–water partition coefficient (Wildman–Crippen LogP) is 0.941. The van der Waals surface area contributed by atoms with E-state index in [1.807, 2.05) is 11.6 Å². The van der Waals surface area contributed by atoms with Crippen LogP contribution >= 0.6 is 0 Å². The molecule has 1 aromatic heterocycles. The van der Waals surface area contributed by atoms with Crippen molar-refractivity contribution in [1.82, 2.24) is 14.1 Å². The molecular formula is C13H21N3O3S. The second-order valence-electron chi connectivity index (χ2n) is 5.56. The van der Waals surface area contributed by atoms with E-state index >= 15 is 0 Å². The third kappa shape index (κ3) is 2.27. The van der Waals surface area contributed by atoms with Gasteiger partial charge < -0.3 is 4.74 Å². The fourth-order valence-corrected chi connectivity index (χ4v) is 4.83. The number of ether oxygens (including phenoxy) is 1. The molecule has 0 N–H and O–H groups in total. The summed E-state index contributed by atoms with van der Waals surface area (Å²) in [4.78, 5) is 0. The van der Waals surface area contributed by atoms with Crippen LogP contribution in [0.25, 0.3) is 0 Å². The Morgan fingerprint density at radius 1 is 1.45 bits per heavy atom. The summed E-state index contributed by atoms with van der Waals surface area (Å²) in [6.07, 6.45) is 3.40. The lowest BCUT2D eigenvalue weighted by Crippen LogP contribution is -2.41. The number of hydrogen-bond acceptors (Lipinski definition) is 4. The third-order valence-electron chi connectivity index (χ3n) is 4.09. The van der Waals surface area contributed by atoms with Crippen molar-refractivity contribution in [3.8, 4) is 0 Å². The highest BCUT2D eigenvalue weighted by molar-refractivity contribution is 7.90. The number of nitrogens with zero attached hydrogens (tertiary/aromatic N) is 3. The minimum absolute atomic E-state index is 0.0692. The van der Waals surface area contributed by atoms with E-state index in [2.05, 4.69) is 5.10 Å². The van der Waals surface area contributed by atoms with Gasteiger partial charge in [0.1, 0.15) is 0 Å². The van der Waals surface area contributed by atoms with Gasteiger partial charge in [0.2, 0.25) is 10.0 Å². The summed E-state index contributed by atoms with van der Waals surface area (Å²) in [6.45, 7) is 4.32. The predicted molar refractivity (Wildman–Crippen MR) is 74.9 cm³/mol. The Kier molecular flexibility index (Phi) is 3.60. The molecule has 0 saturated heterocycles. The van der Waals surface area contributed by atoms with Crippen LogP contribution < -0.4 is 0 Å². The summed E-state index contributed by atoms with van der Waals surface area (Å²) < 4.78 is 33.7. The first-order valence-corrected chi connectivity index (χ1v) is 8.60. The van der Waals surface area contributed by atoms with Crippen LogP contribution in [0.3, 0.4) is 0 Å². The summed E-state index contributed by atoms with van der Waals surface area (Å²) >= 11 is 0. The van der Waals surface area contributed by atoms with E-state index < -0.39 is 10.0 Å². The lowest BCUT2D eigenvalue weighted by Gasteiger charge is -2.32. The minimum atomic E-state index is -3.14. The highest BCUT2D eigenvalue weighted by Gasteiger charge is 2.43. The Balaban J connectivity index is 1.93. The molecule has 2 heterocycles. The van der Waals surface area contributed by atoms with Gasteiger partial charge in [0.25, 0.3) is 0 Å². The van der Waals surface area contributed by atoms with Crippen LogP contribution in [0.5, 0.6) is 0 Å². The number of sulfonamides is 1. The van der Waals surface area contributed by atoms with E-state index in [4.69, 9.17) is 4.74 Å². The van der Waals surface area contributed by atoms with Gasteiger partial charge in [0.15, 0.2) is 0 Å². The fraction of sp³-hybridized carbons (Fsp3) is 0.769. The number of methoxy groups -OCH3 is 1. The molecule has 0 unspecified atom stereocenters. The van der Waals surface area contributed by atoms with Crippen molar-refractivity contribution < 1.29 is 13.2 Å². The van der Waals surface area contributed by atoms with Crippen molar-refractivity contribution >= 4 is 10.0 Å². The largest absolute Gasteiger partial charge is 0.384 e. The van der Waals surface area contributed by atoms with Gasteiger partial charge >= 0.3 is 0 Å². The third-order valence-corrected chi connectivity index (χ3v) is 6.40. The first-order valence-electron chi connectivity index (χ1n) is 7.10. The zero-order valence-electron chi connectivity index (χ0n) is 11.9. The number of fused-ring (bicyclic) bond motifs is 1. The molecule has 1 saturated carbocycles. The van der Waals surface area contributed by atoms with Gasteiger partial charge in [-0.1, -0.05) is 0 Å². The van der Waals surface area contributed by atoms with Gasteiger partial charge in [0, 0.05) is 43.9 Å². The SMILES string of the molecule is CCn1ncc2c1[C@H](COC)CN(S(=O)(=O)C1CC1)C2. The van der Waals surface area contributed by atoms with Gasteiger partial charge in [0.05, 0.1) is 18.1 Å². The topological polar surface area (TPSA) is 64.4 Å². The van der Waals surface area contributed by atoms with Crippen LogP contribution in [0.15, 0.2) is 6.20 Å². The van der Waals surface area contributed by atoms with E-state index in [1.54, 1.807) is 17.6 Å². The van der Waals surface area contributed by atoms with Gasteiger partial charge in [-0.15, -0.1) is 0 Å². The van der Waals surface area contributed by atoms with Crippen LogP contribution in [-0.4, -0.2) is 48.0 Å². The van der Waals surface area contributed by atoms with Crippen molar-refractivity contribution in [1.29, 1.82) is 0 Å². The molecule has 1 fully saturated rings. The average Bonchev–Trinajstić information content (AvgIpc) is 3.20. The van der Waals surface area contributed by atoms with Crippen molar-refractivity contribution in [2.45, 2.75) is 44.0 Å². The van der Waals surface area contributed by atoms with Gasteiger partial charge in [-0.3, -0.25) is 4.68 Å². The maximum Gasteiger partial charge on any atom is 0.217 e. The maximum absolute atomic E-state index is 12.4. The molecule has 7 heteroatoms. The van der Waals surface area contributed by atoms with Crippen LogP contribution in [0.1, 0.15) is 36.9 Å². The Morgan fingerprint density at radius 2 is 2.20 bits per heavy atom. The van der Waals surface area contributed by atoms with Gasteiger partial charge in [-0.2, -0.15) is 9.40 Å². The maximum atomic E-state index is 12.4. The second kappa shape index (κ2) is 5.13. The summed E-state index contributed by atoms with van der Waals surface area (Å²) in [7, 11) is -1.49. The van der Waals surface area contributed by atoms with Crippen molar-refractivity contribution in [3.05, 3.63) is 17.5 Å². The molecule has 0 amide bonds. The zero-order chi connectivity index (χ0) is 14.3. The molecule has 3 rings (SSSR count). The number of aryl methyl sites for hydroxylation is 1. The lowest BCUT2D eigenvalue weighted by molar-refractivity contribution is 0.159. The molecule has 20 heavy (non-hydrogen) atoms. The van der Waals surface area contributed by atoms with Gasteiger partial charge in [-0.25, -0.2) is 8.42 Å². The van der Waals surface area contributed by atoms with E-state index in [1.165, 1.54) is 0 Å². The highest BCUT2D eigenvalue weighted by atomic mass is 32.2.